The van der Waals surface area contributed by atoms with Gasteiger partial charge in [0.2, 0.25) is 0 Å². The predicted octanol–water partition coefficient (Wildman–Crippen LogP) is 7.01. The van der Waals surface area contributed by atoms with E-state index in [2.05, 4.69) is 51.7 Å². The average Bonchev–Trinajstić information content (AvgIpc) is 3.14. The lowest BCUT2D eigenvalue weighted by Gasteiger charge is -2.28. The largest absolute Gasteiger partial charge is 0.507 e. The summed E-state index contributed by atoms with van der Waals surface area (Å²) in [6.07, 6.45) is 5.40. The van der Waals surface area contributed by atoms with E-state index in [4.69, 9.17) is 0 Å². The number of likely N-dealkylation sites (tertiary alicyclic amines) is 1. The number of unbranched alkanes of at least 4 members (excludes halogenated alkanes) is 2. The Hall–Kier alpha value is -2.92. The van der Waals surface area contributed by atoms with Gasteiger partial charge in [0.05, 0.1) is 11.6 Å². The number of aryl methyl sites for hydroxylation is 1. The molecule has 1 aliphatic rings. The van der Waals surface area contributed by atoms with Crippen LogP contribution in [0.5, 0.6) is 0 Å². The number of ketones is 1. The molecule has 1 amide bonds. The van der Waals surface area contributed by atoms with E-state index in [0.29, 0.717) is 12.1 Å². The van der Waals surface area contributed by atoms with Crippen LogP contribution >= 0.6 is 0 Å². The zero-order chi connectivity index (χ0) is 27.9. The second kappa shape index (κ2) is 13.2. The molecule has 0 saturated carbocycles. The summed E-state index contributed by atoms with van der Waals surface area (Å²) in [7, 11) is 0. The minimum absolute atomic E-state index is 0.0112. The number of nitrogens with zero attached hydrogens (tertiary/aromatic N) is 2. The number of rotatable bonds is 12. The molecule has 5 nitrogen and oxygen atoms in total. The first kappa shape index (κ1) is 29.6. The van der Waals surface area contributed by atoms with Gasteiger partial charge in [0.15, 0.2) is 0 Å². The summed E-state index contributed by atoms with van der Waals surface area (Å²) in [6.45, 7) is 16.3. The number of Topliss-reactive ketones (excluding diaryl/α,β-unsaturated/α-hetero) is 1. The average molecular weight is 519 g/mol. The van der Waals surface area contributed by atoms with E-state index in [0.717, 1.165) is 62.9 Å². The van der Waals surface area contributed by atoms with Crippen molar-refractivity contribution >= 4 is 17.4 Å². The Morgan fingerprint density at radius 2 is 1.42 bits per heavy atom. The molecular formula is C33H46N2O3. The molecule has 2 aromatic rings. The fourth-order valence-electron chi connectivity index (χ4n) is 5.05. The van der Waals surface area contributed by atoms with Crippen molar-refractivity contribution in [3.8, 4) is 0 Å². The molecule has 38 heavy (non-hydrogen) atoms. The summed E-state index contributed by atoms with van der Waals surface area (Å²) < 4.78 is 0. The van der Waals surface area contributed by atoms with E-state index >= 15 is 0 Å². The summed E-state index contributed by atoms with van der Waals surface area (Å²) in [4.78, 5) is 30.9. The molecule has 5 heteroatoms. The highest BCUT2D eigenvalue weighted by molar-refractivity contribution is 6.46. The third kappa shape index (κ3) is 7.13. The van der Waals surface area contributed by atoms with Gasteiger partial charge in [0.1, 0.15) is 5.76 Å². The van der Waals surface area contributed by atoms with Crippen LogP contribution in [0.2, 0.25) is 0 Å². The molecule has 2 aromatic carbocycles. The summed E-state index contributed by atoms with van der Waals surface area (Å²) in [5, 5.41) is 11.3. The van der Waals surface area contributed by atoms with E-state index in [1.165, 1.54) is 5.56 Å². The molecule has 0 radical (unpaired) electrons. The Kier molecular flexibility index (Phi) is 10.3. The summed E-state index contributed by atoms with van der Waals surface area (Å²) in [5.41, 5.74) is 3.81. The molecule has 1 aliphatic heterocycles. The molecule has 206 valence electrons. The fraction of sp³-hybridized carbons (Fsp3) is 0.515. The summed E-state index contributed by atoms with van der Waals surface area (Å²) in [5.74, 6) is -1.25. The number of hydrogen-bond donors (Lipinski definition) is 1. The molecule has 0 unspecified atom stereocenters. The normalized spacial score (nSPS) is 17.6. The molecule has 0 spiro atoms. The van der Waals surface area contributed by atoms with Gasteiger partial charge >= 0.3 is 0 Å². The van der Waals surface area contributed by atoms with Crippen molar-refractivity contribution in [3.05, 3.63) is 76.4 Å². The third-order valence-electron chi connectivity index (χ3n) is 7.49. The Bertz CT molecular complexity index is 1100. The molecule has 1 N–H and O–H groups in total. The standard InChI is InChI=1S/C33H46N2O3/c1-7-9-20-34(21-10-8-2)22-11-23-35-29(25-16-18-27(19-17-25)33(4,5)6)28(31(37)32(35)38)30(36)26-14-12-24(3)13-15-26/h12-19,29,36H,7-11,20-23H2,1-6H3/t29-/m0/s1. The Balaban J connectivity index is 1.95. The maximum Gasteiger partial charge on any atom is 0.295 e. The van der Waals surface area contributed by atoms with E-state index < -0.39 is 17.7 Å². The predicted molar refractivity (Wildman–Crippen MR) is 156 cm³/mol. The minimum Gasteiger partial charge on any atom is -0.507 e. The molecule has 1 saturated heterocycles. The maximum absolute atomic E-state index is 13.4. The lowest BCUT2D eigenvalue weighted by Crippen LogP contribution is -2.34. The second-order valence-electron chi connectivity index (χ2n) is 11.6. The van der Waals surface area contributed by atoms with Gasteiger partial charge in [0, 0.05) is 12.1 Å². The van der Waals surface area contributed by atoms with Gasteiger partial charge in [-0.2, -0.15) is 0 Å². The molecule has 0 aromatic heterocycles. The van der Waals surface area contributed by atoms with Crippen molar-refractivity contribution in [1.29, 1.82) is 0 Å². The number of aliphatic hydroxyl groups excluding tert-OH is 1. The molecule has 0 bridgehead atoms. The topological polar surface area (TPSA) is 60.9 Å². The van der Waals surface area contributed by atoms with E-state index in [9.17, 15) is 14.7 Å². The molecular weight excluding hydrogens is 472 g/mol. The Morgan fingerprint density at radius 1 is 0.868 bits per heavy atom. The third-order valence-corrected chi connectivity index (χ3v) is 7.49. The van der Waals surface area contributed by atoms with Crippen LogP contribution in [0.3, 0.4) is 0 Å². The lowest BCUT2D eigenvalue weighted by molar-refractivity contribution is -0.140. The van der Waals surface area contributed by atoms with Gasteiger partial charge in [-0.15, -0.1) is 0 Å². The second-order valence-corrected chi connectivity index (χ2v) is 11.6. The van der Waals surface area contributed by atoms with Gasteiger partial charge in [-0.05, 0) is 62.4 Å². The van der Waals surface area contributed by atoms with Crippen molar-refractivity contribution in [2.45, 2.75) is 85.1 Å². The number of hydrogen-bond acceptors (Lipinski definition) is 4. The van der Waals surface area contributed by atoms with Crippen molar-refractivity contribution in [2.24, 2.45) is 0 Å². The molecule has 0 aliphatic carbocycles. The van der Waals surface area contributed by atoms with E-state index in [1.54, 1.807) is 17.0 Å². The van der Waals surface area contributed by atoms with E-state index in [-0.39, 0.29) is 16.7 Å². The van der Waals surface area contributed by atoms with Crippen LogP contribution in [0, 0.1) is 6.92 Å². The van der Waals surface area contributed by atoms with Crippen molar-refractivity contribution < 1.29 is 14.7 Å². The van der Waals surface area contributed by atoms with Crippen molar-refractivity contribution in [3.63, 3.8) is 0 Å². The van der Waals surface area contributed by atoms with E-state index in [1.807, 2.05) is 31.2 Å². The highest BCUT2D eigenvalue weighted by atomic mass is 16.3. The van der Waals surface area contributed by atoms with Crippen LogP contribution in [-0.4, -0.2) is 52.8 Å². The van der Waals surface area contributed by atoms with Gasteiger partial charge in [0.25, 0.3) is 11.7 Å². The Labute approximate surface area is 229 Å². The zero-order valence-corrected chi connectivity index (χ0v) is 24.2. The highest BCUT2D eigenvalue weighted by Gasteiger charge is 2.45. The number of amides is 1. The van der Waals surface area contributed by atoms with Crippen LogP contribution < -0.4 is 0 Å². The number of aliphatic hydroxyl groups is 1. The first-order chi connectivity index (χ1) is 18.1. The molecule has 1 fully saturated rings. The Morgan fingerprint density at radius 3 is 1.95 bits per heavy atom. The van der Waals surface area contributed by atoms with Crippen LogP contribution in [-0.2, 0) is 15.0 Å². The zero-order valence-electron chi connectivity index (χ0n) is 24.2. The lowest BCUT2D eigenvalue weighted by atomic mass is 9.85. The van der Waals surface area contributed by atoms with Crippen molar-refractivity contribution in [1.82, 2.24) is 9.80 Å². The maximum atomic E-state index is 13.4. The van der Waals surface area contributed by atoms with Gasteiger partial charge in [-0.1, -0.05) is 102 Å². The molecule has 1 heterocycles. The molecule has 3 rings (SSSR count). The first-order valence-electron chi connectivity index (χ1n) is 14.3. The van der Waals surface area contributed by atoms with Gasteiger partial charge < -0.3 is 14.9 Å². The highest BCUT2D eigenvalue weighted by Crippen LogP contribution is 2.40. The fourth-order valence-corrected chi connectivity index (χ4v) is 5.05. The van der Waals surface area contributed by atoms with Gasteiger partial charge in [-0.25, -0.2) is 0 Å². The van der Waals surface area contributed by atoms with Gasteiger partial charge in [-0.3, -0.25) is 9.59 Å². The summed E-state index contributed by atoms with van der Waals surface area (Å²) in [6, 6.07) is 14.9. The van der Waals surface area contributed by atoms with Crippen LogP contribution in [0.25, 0.3) is 5.76 Å². The number of carbonyl (C=O) groups excluding carboxylic acids is 2. The summed E-state index contributed by atoms with van der Waals surface area (Å²) >= 11 is 0. The smallest absolute Gasteiger partial charge is 0.295 e. The first-order valence-corrected chi connectivity index (χ1v) is 14.3. The van der Waals surface area contributed by atoms with Crippen LogP contribution in [0.15, 0.2) is 54.1 Å². The minimum atomic E-state index is -0.609. The monoisotopic (exact) mass is 518 g/mol. The number of carbonyl (C=O) groups is 2. The number of benzene rings is 2. The molecule has 1 atom stereocenters. The SMILES string of the molecule is CCCCN(CCCC)CCCN1C(=O)C(=O)C(=C(O)c2ccc(C)cc2)[C@@H]1c1ccc(C(C)(C)C)cc1. The quantitative estimate of drug-likeness (QED) is 0.187. The van der Waals surface area contributed by atoms with Crippen molar-refractivity contribution in [2.75, 3.05) is 26.2 Å². The van der Waals surface area contributed by atoms with Crippen LogP contribution in [0.1, 0.15) is 95.0 Å². The van der Waals surface area contributed by atoms with Crippen LogP contribution in [0.4, 0.5) is 0 Å².